The van der Waals surface area contributed by atoms with E-state index in [1.54, 1.807) is 0 Å². The van der Waals surface area contributed by atoms with Crippen molar-refractivity contribution in [2.45, 2.75) is 32.7 Å². The predicted octanol–water partition coefficient (Wildman–Crippen LogP) is 17.0. The van der Waals surface area contributed by atoms with Gasteiger partial charge in [-0.3, -0.25) is 0 Å². The molecule has 3 nitrogen and oxygen atoms in total. The quantitative estimate of drug-likeness (QED) is 0.112. The molecular formula is C65H52N2OSi2. The number of hydrogen-bond donors (Lipinski definition) is 0. The minimum Gasteiger partial charge on any atom is -0.456 e. The smallest absolute Gasteiger partial charge is 0.135 e. The zero-order valence-corrected chi connectivity index (χ0v) is 42.2. The van der Waals surface area contributed by atoms with Gasteiger partial charge in [0.25, 0.3) is 0 Å². The van der Waals surface area contributed by atoms with Gasteiger partial charge >= 0.3 is 0 Å². The largest absolute Gasteiger partial charge is 0.456 e. The van der Waals surface area contributed by atoms with Crippen LogP contribution in [-0.4, -0.2) is 16.1 Å². The van der Waals surface area contributed by atoms with Crippen LogP contribution in [0.1, 0.15) is 0 Å². The molecule has 0 saturated carbocycles. The van der Waals surface area contributed by atoms with Gasteiger partial charge in [-0.15, -0.1) is 0 Å². The van der Waals surface area contributed by atoms with Gasteiger partial charge in [0.05, 0.1) is 8.07 Å². The number of nitrogens with zero attached hydrogens (tertiary/aromatic N) is 2. The Morgan fingerprint density at radius 1 is 0.343 bits per heavy atom. The summed E-state index contributed by atoms with van der Waals surface area (Å²) < 4.78 is 6.28. The van der Waals surface area contributed by atoms with Crippen LogP contribution in [-0.2, 0) is 0 Å². The molecule has 0 N–H and O–H groups in total. The average molecular weight is 933 g/mol. The summed E-state index contributed by atoms with van der Waals surface area (Å²) in [5, 5.41) is 14.5. The highest BCUT2D eigenvalue weighted by Crippen LogP contribution is 2.46. The third kappa shape index (κ3) is 6.75. The van der Waals surface area contributed by atoms with E-state index in [0.717, 1.165) is 56.1 Å². The summed E-state index contributed by atoms with van der Waals surface area (Å²) in [6.07, 6.45) is 0. The topological polar surface area (TPSA) is 19.6 Å². The van der Waals surface area contributed by atoms with Crippen LogP contribution in [0.3, 0.4) is 0 Å². The molecule has 1 aliphatic rings. The van der Waals surface area contributed by atoms with Gasteiger partial charge in [-0.2, -0.15) is 0 Å². The van der Waals surface area contributed by atoms with Gasteiger partial charge in [0.1, 0.15) is 19.2 Å². The molecule has 5 heteroatoms. The Hall–Kier alpha value is -7.97. The fourth-order valence-corrected chi connectivity index (χ4v) is 15.7. The number of para-hydroxylation sites is 3. The van der Waals surface area contributed by atoms with Crippen molar-refractivity contribution >= 4 is 120 Å². The lowest BCUT2D eigenvalue weighted by atomic mass is 9.87. The normalized spacial score (nSPS) is 13.0. The Morgan fingerprint density at radius 2 is 0.857 bits per heavy atom. The summed E-state index contributed by atoms with van der Waals surface area (Å²) in [5.74, 6) is 0. The van der Waals surface area contributed by atoms with Gasteiger partial charge in [0.2, 0.25) is 0 Å². The number of fused-ring (bicyclic) bond motifs is 9. The SMILES string of the molecule is C[Si](C)(C)c1ccc(N(c2ccccc2)c2ccc(-c3cc4c5cccc6c5c(cc4c4ccccc34)-c3ccc(N(c4ccccc4)c4ccc5oc7ccccc7c5c4)cc3[Si]6(C)C)cc2)cc1. The Kier molecular flexibility index (Phi) is 9.67. The van der Waals surface area contributed by atoms with Crippen LogP contribution < -0.4 is 25.4 Å². The van der Waals surface area contributed by atoms with Crippen molar-refractivity contribution < 1.29 is 4.42 Å². The molecule has 13 rings (SSSR count). The second-order valence-electron chi connectivity index (χ2n) is 20.5. The highest BCUT2D eigenvalue weighted by atomic mass is 28.3. The Morgan fingerprint density at radius 3 is 1.56 bits per heavy atom. The molecule has 0 amide bonds. The first-order chi connectivity index (χ1) is 34.1. The molecule has 70 heavy (non-hydrogen) atoms. The van der Waals surface area contributed by atoms with Crippen molar-refractivity contribution in [3.63, 3.8) is 0 Å². The van der Waals surface area contributed by atoms with Crippen LogP contribution in [0, 0.1) is 0 Å². The minimum absolute atomic E-state index is 0.899. The van der Waals surface area contributed by atoms with Crippen molar-refractivity contribution in [3.8, 4) is 22.3 Å². The maximum Gasteiger partial charge on any atom is 0.135 e. The van der Waals surface area contributed by atoms with E-state index in [9.17, 15) is 0 Å². The van der Waals surface area contributed by atoms with Crippen LogP contribution >= 0.6 is 0 Å². The lowest BCUT2D eigenvalue weighted by molar-refractivity contribution is 0.669. The van der Waals surface area contributed by atoms with E-state index in [1.807, 2.05) is 6.07 Å². The van der Waals surface area contributed by atoms with E-state index in [-0.39, 0.29) is 0 Å². The summed E-state index contributed by atoms with van der Waals surface area (Å²) >= 11 is 0. The molecule has 2 heterocycles. The number of hydrogen-bond acceptors (Lipinski definition) is 3. The molecule has 11 aromatic carbocycles. The highest BCUT2D eigenvalue weighted by molar-refractivity contribution is 7.03. The second kappa shape index (κ2) is 16.1. The Balaban J connectivity index is 0.949. The Bertz CT molecular complexity index is 4000. The Labute approximate surface area is 411 Å². The van der Waals surface area contributed by atoms with E-state index in [1.165, 1.54) is 70.1 Å². The molecular weight excluding hydrogens is 881 g/mol. The third-order valence-electron chi connectivity index (χ3n) is 15.0. The molecule has 1 aromatic heterocycles. The molecule has 12 aromatic rings. The first-order valence-corrected chi connectivity index (χ1v) is 31.0. The summed E-state index contributed by atoms with van der Waals surface area (Å²) in [4.78, 5) is 4.79. The number of furan rings is 1. The van der Waals surface area contributed by atoms with E-state index in [0.29, 0.717) is 0 Å². The van der Waals surface area contributed by atoms with Crippen molar-refractivity contribution in [2.75, 3.05) is 9.80 Å². The van der Waals surface area contributed by atoms with E-state index in [2.05, 4.69) is 261 Å². The first-order valence-electron chi connectivity index (χ1n) is 24.5. The van der Waals surface area contributed by atoms with Crippen molar-refractivity contribution in [2.24, 2.45) is 0 Å². The monoisotopic (exact) mass is 932 g/mol. The van der Waals surface area contributed by atoms with E-state index >= 15 is 0 Å². The maximum absolute atomic E-state index is 6.28. The van der Waals surface area contributed by atoms with Crippen LogP contribution in [0.4, 0.5) is 34.1 Å². The molecule has 0 saturated heterocycles. The van der Waals surface area contributed by atoms with Crippen molar-refractivity contribution in [1.29, 1.82) is 0 Å². The summed E-state index contributed by atoms with van der Waals surface area (Å²) in [6, 6.07) is 83.3. The predicted molar refractivity (Wildman–Crippen MR) is 306 cm³/mol. The summed E-state index contributed by atoms with van der Waals surface area (Å²) in [7, 11) is -3.70. The molecule has 336 valence electrons. The molecule has 1 aliphatic heterocycles. The minimum atomic E-state index is -2.26. The molecule has 0 fully saturated rings. The maximum atomic E-state index is 6.28. The van der Waals surface area contributed by atoms with E-state index in [4.69, 9.17) is 4.42 Å². The van der Waals surface area contributed by atoms with Crippen LogP contribution in [0.5, 0.6) is 0 Å². The first kappa shape index (κ1) is 42.2. The molecule has 0 unspecified atom stereocenters. The molecule has 0 spiro atoms. The fourth-order valence-electron chi connectivity index (χ4n) is 11.4. The lowest BCUT2D eigenvalue weighted by Crippen LogP contribution is -2.56. The molecule has 0 aliphatic carbocycles. The van der Waals surface area contributed by atoms with Gasteiger partial charge in [-0.1, -0.05) is 165 Å². The van der Waals surface area contributed by atoms with Crippen molar-refractivity contribution in [3.05, 3.63) is 224 Å². The van der Waals surface area contributed by atoms with Crippen LogP contribution in [0.2, 0.25) is 32.7 Å². The lowest BCUT2D eigenvalue weighted by Gasteiger charge is -2.35. The van der Waals surface area contributed by atoms with Crippen LogP contribution in [0.15, 0.2) is 229 Å². The standard InChI is InChI=1S/C65H52N2OSi2/c1-69(2,3)50-35-31-47(32-36-50)66(44-17-8-6-9-18-44)46-29-27-43(28-30-46)56-41-58-55-24-16-26-63-65(55)60(42-57(58)52-22-13-12-21-51(52)56)54-37-33-49(40-64(54)70(63,4)5)67(45-19-10-7-11-20-45)48-34-38-62-59(39-48)53-23-14-15-25-61(53)68-62/h6-42H,1-5H3. The molecule has 0 atom stereocenters. The number of anilines is 6. The summed E-state index contributed by atoms with van der Waals surface area (Å²) in [5.41, 5.74) is 13.8. The highest BCUT2D eigenvalue weighted by Gasteiger charge is 2.37. The van der Waals surface area contributed by atoms with Crippen LogP contribution in [0.25, 0.3) is 76.5 Å². The molecule has 0 bridgehead atoms. The van der Waals surface area contributed by atoms with Gasteiger partial charge < -0.3 is 14.2 Å². The van der Waals surface area contributed by atoms with Gasteiger partial charge in [0.15, 0.2) is 0 Å². The van der Waals surface area contributed by atoms with Gasteiger partial charge in [-0.05, 0) is 162 Å². The van der Waals surface area contributed by atoms with E-state index < -0.39 is 16.1 Å². The fraction of sp³-hybridized carbons (Fsp3) is 0.0769. The van der Waals surface area contributed by atoms with Gasteiger partial charge in [-0.25, -0.2) is 0 Å². The van der Waals surface area contributed by atoms with Crippen molar-refractivity contribution in [1.82, 2.24) is 0 Å². The van der Waals surface area contributed by atoms with Gasteiger partial charge in [0, 0.05) is 44.9 Å². The number of benzene rings is 11. The second-order valence-corrected chi connectivity index (χ2v) is 29.9. The average Bonchev–Trinajstić information content (AvgIpc) is 3.77. The zero-order valence-electron chi connectivity index (χ0n) is 40.2. The number of rotatable bonds is 8. The molecule has 0 radical (unpaired) electrons. The summed E-state index contributed by atoms with van der Waals surface area (Å²) in [6.45, 7) is 12.3. The zero-order chi connectivity index (χ0) is 47.3. The third-order valence-corrected chi connectivity index (χ3v) is 20.6.